The quantitative estimate of drug-likeness (QED) is 0.433. The van der Waals surface area contributed by atoms with Gasteiger partial charge in [0.1, 0.15) is 11.6 Å². The van der Waals surface area contributed by atoms with Gasteiger partial charge in [-0.2, -0.15) is 12.6 Å². The number of nitrogens with two attached hydrogens (primary N) is 1. The lowest BCUT2D eigenvalue weighted by Gasteiger charge is -2.36. The Labute approximate surface area is 196 Å². The van der Waals surface area contributed by atoms with E-state index in [2.05, 4.69) is 17.9 Å². The van der Waals surface area contributed by atoms with Gasteiger partial charge in [-0.15, -0.1) is 0 Å². The van der Waals surface area contributed by atoms with E-state index in [0.717, 1.165) is 12.0 Å². The van der Waals surface area contributed by atoms with E-state index in [4.69, 9.17) is 15.6 Å². The average molecular weight is 468 g/mol. The van der Waals surface area contributed by atoms with Gasteiger partial charge in [0.2, 0.25) is 0 Å². The molecular formula is C24H38FN3O3S. The summed E-state index contributed by atoms with van der Waals surface area (Å²) in [4.78, 5) is 12.3. The zero-order valence-corrected chi connectivity index (χ0v) is 20.8. The highest BCUT2D eigenvalue weighted by atomic mass is 32.1. The van der Waals surface area contributed by atoms with Crippen molar-refractivity contribution in [2.24, 2.45) is 7.05 Å². The Kier molecular flexibility index (Phi) is 11.8. The van der Waals surface area contributed by atoms with Gasteiger partial charge in [0.05, 0.1) is 18.0 Å². The minimum atomic E-state index is -0.398. The molecule has 0 radical (unpaired) electrons. The van der Waals surface area contributed by atoms with Gasteiger partial charge >= 0.3 is 0 Å². The van der Waals surface area contributed by atoms with Crippen molar-refractivity contribution in [2.75, 3.05) is 24.3 Å². The van der Waals surface area contributed by atoms with Crippen LogP contribution in [0.15, 0.2) is 29.1 Å². The summed E-state index contributed by atoms with van der Waals surface area (Å²) in [6, 6.07) is 6.37. The first-order chi connectivity index (χ1) is 15.2. The number of benzene rings is 1. The number of pyridine rings is 1. The Balaban J connectivity index is 0.000000427. The van der Waals surface area contributed by atoms with Crippen LogP contribution in [0.25, 0.3) is 0 Å². The smallest absolute Gasteiger partial charge is 0.257 e. The standard InChI is InChI=1S/C16H20FN3O2.C6H12OS.C2H6/c1-4-22-9-11-8-13(18)15(20(3)16(11)21)19-14-6-5-10(2)7-12(14)17;7-5-4-6(8)2-1-3-6;1-2/h5-8,19H,4,9,18H2,1-3H3;7-8H,1-5H2;1-2H3. The number of hydrogen-bond donors (Lipinski definition) is 4. The Bertz CT molecular complexity index is 914. The van der Waals surface area contributed by atoms with E-state index in [0.29, 0.717) is 30.3 Å². The summed E-state index contributed by atoms with van der Waals surface area (Å²) in [5.74, 6) is -0.0433. The predicted octanol–water partition coefficient (Wildman–Crippen LogP) is 4.94. The van der Waals surface area contributed by atoms with Crippen LogP contribution in [0.5, 0.6) is 0 Å². The third kappa shape index (κ3) is 7.83. The molecule has 0 aliphatic heterocycles. The first-order valence-corrected chi connectivity index (χ1v) is 11.6. The first-order valence-electron chi connectivity index (χ1n) is 11.1. The molecule has 0 bridgehead atoms. The highest BCUT2D eigenvalue weighted by molar-refractivity contribution is 7.81. The molecule has 0 spiro atoms. The maximum atomic E-state index is 13.9. The highest BCUT2D eigenvalue weighted by Gasteiger charge is 2.31. The van der Waals surface area contributed by atoms with Crippen LogP contribution in [-0.4, -0.2) is 27.6 Å². The molecule has 1 aromatic heterocycles. The molecule has 0 amide bonds. The summed E-state index contributed by atoms with van der Waals surface area (Å²) < 4.78 is 20.8. The molecule has 0 saturated heterocycles. The van der Waals surface area contributed by atoms with Gasteiger partial charge in [0, 0.05) is 30.6 Å². The van der Waals surface area contributed by atoms with E-state index in [-0.39, 0.29) is 22.6 Å². The third-order valence-corrected chi connectivity index (χ3v) is 5.89. The van der Waals surface area contributed by atoms with Crippen LogP contribution in [0, 0.1) is 12.7 Å². The number of ether oxygens (including phenoxy) is 1. The summed E-state index contributed by atoms with van der Waals surface area (Å²) in [6.07, 6.45) is 4.55. The summed E-state index contributed by atoms with van der Waals surface area (Å²) in [5.41, 5.74) is 7.68. The van der Waals surface area contributed by atoms with E-state index in [9.17, 15) is 9.18 Å². The topological polar surface area (TPSA) is 89.5 Å². The largest absolute Gasteiger partial charge is 0.396 e. The molecule has 0 unspecified atom stereocenters. The van der Waals surface area contributed by atoms with Gasteiger partial charge in [-0.05, 0) is 56.9 Å². The normalized spacial score (nSPS) is 13.8. The molecule has 6 nitrogen and oxygen atoms in total. The molecule has 4 N–H and O–H groups in total. The van der Waals surface area contributed by atoms with Crippen molar-refractivity contribution in [3.63, 3.8) is 0 Å². The molecule has 3 rings (SSSR count). The molecular weight excluding hydrogens is 429 g/mol. The number of aryl methyl sites for hydroxylation is 1. The van der Waals surface area contributed by atoms with Gasteiger partial charge < -0.3 is 20.9 Å². The number of aromatic nitrogens is 1. The maximum absolute atomic E-state index is 13.9. The molecule has 1 aromatic carbocycles. The van der Waals surface area contributed by atoms with E-state index in [1.807, 2.05) is 20.8 Å². The van der Waals surface area contributed by atoms with Gasteiger partial charge in [0.15, 0.2) is 0 Å². The van der Waals surface area contributed by atoms with Crippen molar-refractivity contribution in [1.29, 1.82) is 0 Å². The lowest BCUT2D eigenvalue weighted by molar-refractivity contribution is 0.133. The Morgan fingerprint density at radius 3 is 2.44 bits per heavy atom. The Morgan fingerprint density at radius 1 is 1.31 bits per heavy atom. The SMILES string of the molecule is CC.CCOCc1cc(N)c(Nc2ccc(C)cc2F)n(C)c1=O.OCCC1(S)CCC1. The Hall–Kier alpha value is -2.03. The van der Waals surface area contributed by atoms with Crippen LogP contribution in [0.2, 0.25) is 0 Å². The number of hydrogen-bond acceptors (Lipinski definition) is 6. The van der Waals surface area contributed by atoms with Crippen molar-refractivity contribution in [3.8, 4) is 0 Å². The lowest BCUT2D eigenvalue weighted by Crippen LogP contribution is -2.31. The summed E-state index contributed by atoms with van der Waals surface area (Å²) in [7, 11) is 1.59. The van der Waals surface area contributed by atoms with Gasteiger partial charge in [-0.25, -0.2) is 4.39 Å². The fraction of sp³-hybridized carbons (Fsp3) is 0.542. The maximum Gasteiger partial charge on any atom is 0.257 e. The van der Waals surface area contributed by atoms with Crippen molar-refractivity contribution in [2.45, 2.75) is 64.7 Å². The second kappa shape index (κ2) is 13.5. The zero-order chi connectivity index (χ0) is 24.3. The van der Waals surface area contributed by atoms with Crippen LogP contribution >= 0.6 is 12.6 Å². The van der Waals surface area contributed by atoms with Crippen LogP contribution in [0.1, 0.15) is 57.6 Å². The fourth-order valence-electron chi connectivity index (χ4n) is 3.19. The van der Waals surface area contributed by atoms with Crippen molar-refractivity contribution >= 4 is 29.8 Å². The molecule has 180 valence electrons. The van der Waals surface area contributed by atoms with E-state index in [1.54, 1.807) is 32.2 Å². The molecule has 2 aromatic rings. The molecule has 1 fully saturated rings. The van der Waals surface area contributed by atoms with Gasteiger partial charge in [-0.3, -0.25) is 9.36 Å². The van der Waals surface area contributed by atoms with Crippen LogP contribution in [-0.2, 0) is 18.4 Å². The highest BCUT2D eigenvalue weighted by Crippen LogP contribution is 2.40. The fourth-order valence-corrected chi connectivity index (χ4v) is 3.61. The van der Waals surface area contributed by atoms with Crippen molar-refractivity contribution < 1.29 is 14.2 Å². The number of halogens is 1. The minimum absolute atomic E-state index is 0.201. The van der Waals surface area contributed by atoms with Crippen molar-refractivity contribution in [1.82, 2.24) is 4.57 Å². The number of thiol groups is 1. The number of nitrogens with one attached hydrogen (secondary N) is 1. The second-order valence-electron chi connectivity index (χ2n) is 7.63. The summed E-state index contributed by atoms with van der Waals surface area (Å²) in [5, 5.41) is 11.4. The zero-order valence-electron chi connectivity index (χ0n) is 19.9. The van der Waals surface area contributed by atoms with Gasteiger partial charge in [0.25, 0.3) is 5.56 Å². The van der Waals surface area contributed by atoms with E-state index >= 15 is 0 Å². The lowest BCUT2D eigenvalue weighted by atomic mass is 9.82. The number of rotatable bonds is 7. The monoisotopic (exact) mass is 467 g/mol. The number of aliphatic hydroxyl groups is 1. The van der Waals surface area contributed by atoms with Crippen molar-refractivity contribution in [3.05, 3.63) is 51.6 Å². The Morgan fingerprint density at radius 2 is 1.97 bits per heavy atom. The third-order valence-electron chi connectivity index (χ3n) is 5.22. The molecule has 1 heterocycles. The molecule has 1 aliphatic carbocycles. The predicted molar refractivity (Wildman–Crippen MR) is 134 cm³/mol. The summed E-state index contributed by atoms with van der Waals surface area (Å²) in [6.45, 7) is 8.66. The average Bonchev–Trinajstić information content (AvgIpc) is 2.75. The number of nitrogens with zero attached hydrogens (tertiary/aromatic N) is 1. The first kappa shape index (κ1) is 28.0. The minimum Gasteiger partial charge on any atom is -0.396 e. The number of nitrogen functional groups attached to an aromatic ring is 1. The summed E-state index contributed by atoms with van der Waals surface area (Å²) >= 11 is 4.39. The molecule has 1 aliphatic rings. The van der Waals surface area contributed by atoms with Crippen LogP contribution in [0.3, 0.4) is 0 Å². The number of anilines is 3. The van der Waals surface area contributed by atoms with Crippen LogP contribution < -0.4 is 16.6 Å². The molecule has 32 heavy (non-hydrogen) atoms. The molecule has 8 heteroatoms. The number of aliphatic hydroxyl groups excluding tert-OH is 1. The molecule has 1 saturated carbocycles. The van der Waals surface area contributed by atoms with Crippen LogP contribution in [0.4, 0.5) is 21.6 Å². The van der Waals surface area contributed by atoms with Gasteiger partial charge in [-0.1, -0.05) is 26.3 Å². The van der Waals surface area contributed by atoms with E-state index < -0.39 is 5.82 Å². The molecule has 0 atom stereocenters. The van der Waals surface area contributed by atoms with E-state index in [1.165, 1.54) is 29.9 Å². The second-order valence-corrected chi connectivity index (χ2v) is 8.58.